The summed E-state index contributed by atoms with van der Waals surface area (Å²) >= 11 is 3.45. The van der Waals surface area contributed by atoms with E-state index in [9.17, 15) is 5.11 Å². The van der Waals surface area contributed by atoms with Crippen LogP contribution in [0.25, 0.3) is 6.08 Å². The van der Waals surface area contributed by atoms with Crippen LogP contribution in [0.5, 0.6) is 5.75 Å². The van der Waals surface area contributed by atoms with Crippen molar-refractivity contribution >= 4 is 22.0 Å². The molecule has 0 aliphatic carbocycles. The number of aliphatic hydroxyl groups is 1. The Morgan fingerprint density at radius 2 is 1.80 bits per heavy atom. The molecular formula is C21H24BrNO2. The Hall–Kier alpha value is -1.62. The number of rotatable bonds is 5. The molecule has 1 aliphatic heterocycles. The largest absolute Gasteiger partial charge is 0.496 e. The highest BCUT2D eigenvalue weighted by atomic mass is 79.9. The second kappa shape index (κ2) is 8.17. The fraction of sp³-hybridized carbons (Fsp3) is 0.333. The molecule has 1 fully saturated rings. The standard InChI is InChI=1S/C21H24BrNO2/c1-25-20-7-3-2-5-17(20)6-4-14-23-15-12-21(24,13-16-23)18-8-10-19(22)11-9-18/h2-11,24H,12-16H2,1H3. The van der Waals surface area contributed by atoms with Crippen LogP contribution in [0, 0.1) is 0 Å². The summed E-state index contributed by atoms with van der Waals surface area (Å²) in [5, 5.41) is 10.9. The number of likely N-dealkylation sites (tertiary alicyclic amines) is 1. The van der Waals surface area contributed by atoms with Crippen LogP contribution < -0.4 is 4.74 Å². The van der Waals surface area contributed by atoms with Crippen molar-refractivity contribution in [1.29, 1.82) is 0 Å². The Morgan fingerprint density at radius 1 is 1.12 bits per heavy atom. The monoisotopic (exact) mass is 401 g/mol. The van der Waals surface area contributed by atoms with Gasteiger partial charge in [0.2, 0.25) is 0 Å². The molecule has 3 rings (SSSR count). The maximum absolute atomic E-state index is 10.9. The molecule has 25 heavy (non-hydrogen) atoms. The Labute approximate surface area is 158 Å². The van der Waals surface area contributed by atoms with Crippen molar-refractivity contribution in [3.05, 3.63) is 70.2 Å². The third-order valence-electron chi connectivity index (χ3n) is 4.86. The summed E-state index contributed by atoms with van der Waals surface area (Å²) in [7, 11) is 1.69. The summed E-state index contributed by atoms with van der Waals surface area (Å²) in [4.78, 5) is 2.37. The van der Waals surface area contributed by atoms with Gasteiger partial charge in [-0.3, -0.25) is 4.90 Å². The molecule has 1 saturated heterocycles. The van der Waals surface area contributed by atoms with Gasteiger partial charge in [0, 0.05) is 29.7 Å². The van der Waals surface area contributed by atoms with E-state index in [4.69, 9.17) is 4.74 Å². The van der Waals surface area contributed by atoms with E-state index in [1.54, 1.807) is 7.11 Å². The first-order chi connectivity index (χ1) is 12.1. The quantitative estimate of drug-likeness (QED) is 0.802. The summed E-state index contributed by atoms with van der Waals surface area (Å²) in [6.45, 7) is 2.67. The van der Waals surface area contributed by atoms with Crippen LogP contribution in [0.4, 0.5) is 0 Å². The maximum Gasteiger partial charge on any atom is 0.126 e. The molecule has 2 aromatic rings. The second-order valence-corrected chi connectivity index (χ2v) is 7.40. The Morgan fingerprint density at radius 3 is 2.48 bits per heavy atom. The number of methoxy groups -OCH3 is 1. The molecule has 0 atom stereocenters. The maximum atomic E-state index is 10.9. The van der Waals surface area contributed by atoms with Crippen LogP contribution in [-0.4, -0.2) is 36.8 Å². The predicted molar refractivity (Wildman–Crippen MR) is 106 cm³/mol. The van der Waals surface area contributed by atoms with Crippen molar-refractivity contribution in [2.45, 2.75) is 18.4 Å². The van der Waals surface area contributed by atoms with E-state index in [-0.39, 0.29) is 0 Å². The minimum Gasteiger partial charge on any atom is -0.496 e. The average Bonchev–Trinajstić information content (AvgIpc) is 2.64. The number of hydrogen-bond acceptors (Lipinski definition) is 3. The third kappa shape index (κ3) is 4.51. The number of halogens is 1. The molecule has 1 N–H and O–H groups in total. The summed E-state index contributed by atoms with van der Waals surface area (Å²) in [6, 6.07) is 16.0. The molecule has 4 heteroatoms. The zero-order chi connectivity index (χ0) is 17.7. The van der Waals surface area contributed by atoms with Gasteiger partial charge in [0.05, 0.1) is 12.7 Å². The van der Waals surface area contributed by atoms with Crippen molar-refractivity contribution in [2.24, 2.45) is 0 Å². The molecule has 0 aromatic heterocycles. The second-order valence-electron chi connectivity index (χ2n) is 6.48. The number of ether oxygens (including phenoxy) is 1. The molecule has 2 aromatic carbocycles. The van der Waals surface area contributed by atoms with Gasteiger partial charge in [0.15, 0.2) is 0 Å². The minimum atomic E-state index is -0.705. The van der Waals surface area contributed by atoms with Crippen LogP contribution in [0.3, 0.4) is 0 Å². The summed E-state index contributed by atoms with van der Waals surface area (Å²) in [6.07, 6.45) is 5.80. The Kier molecular flexibility index (Phi) is 5.94. The number of benzene rings is 2. The molecule has 0 amide bonds. The highest BCUT2D eigenvalue weighted by Crippen LogP contribution is 2.33. The average molecular weight is 402 g/mol. The van der Waals surface area contributed by atoms with Gasteiger partial charge < -0.3 is 9.84 Å². The highest BCUT2D eigenvalue weighted by Gasteiger charge is 2.33. The molecule has 3 nitrogen and oxygen atoms in total. The van der Waals surface area contributed by atoms with Crippen LogP contribution in [-0.2, 0) is 5.60 Å². The van der Waals surface area contributed by atoms with Crippen LogP contribution >= 0.6 is 15.9 Å². The van der Waals surface area contributed by atoms with E-state index in [0.717, 1.165) is 53.8 Å². The van der Waals surface area contributed by atoms with E-state index in [1.165, 1.54) is 0 Å². The number of piperidine rings is 1. The summed E-state index contributed by atoms with van der Waals surface area (Å²) in [5.74, 6) is 0.891. The van der Waals surface area contributed by atoms with Gasteiger partial charge in [-0.1, -0.05) is 58.4 Å². The summed E-state index contributed by atoms with van der Waals surface area (Å²) in [5.41, 5.74) is 1.40. The van der Waals surface area contributed by atoms with Gasteiger partial charge in [0.1, 0.15) is 5.75 Å². The molecule has 0 saturated carbocycles. The molecular weight excluding hydrogens is 378 g/mol. The molecule has 1 aliphatic rings. The molecule has 0 radical (unpaired) electrons. The lowest BCUT2D eigenvalue weighted by molar-refractivity contribution is -0.0233. The van der Waals surface area contributed by atoms with E-state index in [2.05, 4.69) is 39.0 Å². The van der Waals surface area contributed by atoms with E-state index in [0.29, 0.717) is 0 Å². The lowest BCUT2D eigenvalue weighted by Gasteiger charge is -2.38. The number of nitrogens with zero attached hydrogens (tertiary/aromatic N) is 1. The van der Waals surface area contributed by atoms with Crippen molar-refractivity contribution < 1.29 is 9.84 Å². The first kappa shape index (κ1) is 18.2. The van der Waals surface area contributed by atoms with Crippen LogP contribution in [0.2, 0.25) is 0 Å². The minimum absolute atomic E-state index is 0.705. The van der Waals surface area contributed by atoms with Gasteiger partial charge in [-0.2, -0.15) is 0 Å². The Bertz CT molecular complexity index is 719. The fourth-order valence-corrected chi connectivity index (χ4v) is 3.55. The first-order valence-corrected chi connectivity index (χ1v) is 9.40. The first-order valence-electron chi connectivity index (χ1n) is 8.61. The molecule has 1 heterocycles. The summed E-state index contributed by atoms with van der Waals surface area (Å²) < 4.78 is 6.41. The zero-order valence-corrected chi connectivity index (χ0v) is 16.1. The van der Waals surface area contributed by atoms with E-state index in [1.807, 2.05) is 42.5 Å². The van der Waals surface area contributed by atoms with Gasteiger partial charge in [-0.25, -0.2) is 0 Å². The zero-order valence-electron chi connectivity index (χ0n) is 14.5. The van der Waals surface area contributed by atoms with Gasteiger partial charge >= 0.3 is 0 Å². The van der Waals surface area contributed by atoms with Gasteiger partial charge in [-0.05, 0) is 36.6 Å². The molecule has 0 unspecified atom stereocenters. The van der Waals surface area contributed by atoms with Crippen LogP contribution in [0.1, 0.15) is 24.0 Å². The van der Waals surface area contributed by atoms with Crippen molar-refractivity contribution in [2.75, 3.05) is 26.7 Å². The van der Waals surface area contributed by atoms with Gasteiger partial charge in [0.25, 0.3) is 0 Å². The molecule has 132 valence electrons. The van der Waals surface area contributed by atoms with E-state index < -0.39 is 5.60 Å². The highest BCUT2D eigenvalue weighted by molar-refractivity contribution is 9.10. The lowest BCUT2D eigenvalue weighted by Crippen LogP contribution is -2.42. The van der Waals surface area contributed by atoms with E-state index >= 15 is 0 Å². The fourth-order valence-electron chi connectivity index (χ4n) is 3.29. The smallest absolute Gasteiger partial charge is 0.126 e. The van der Waals surface area contributed by atoms with Crippen molar-refractivity contribution in [1.82, 2.24) is 4.90 Å². The third-order valence-corrected chi connectivity index (χ3v) is 5.39. The van der Waals surface area contributed by atoms with Gasteiger partial charge in [-0.15, -0.1) is 0 Å². The normalized spacial score (nSPS) is 17.7. The molecule has 0 spiro atoms. The predicted octanol–water partition coefficient (Wildman–Crippen LogP) is 4.45. The number of para-hydroxylation sites is 1. The topological polar surface area (TPSA) is 32.7 Å². The van der Waals surface area contributed by atoms with Crippen molar-refractivity contribution in [3.63, 3.8) is 0 Å². The van der Waals surface area contributed by atoms with Crippen LogP contribution in [0.15, 0.2) is 59.1 Å². The number of hydrogen-bond donors (Lipinski definition) is 1. The molecule has 0 bridgehead atoms. The Balaban J connectivity index is 1.56. The van der Waals surface area contributed by atoms with Crippen molar-refractivity contribution in [3.8, 4) is 5.75 Å². The SMILES string of the molecule is COc1ccccc1C=CCN1CCC(O)(c2ccc(Br)cc2)CC1. The lowest BCUT2D eigenvalue weighted by atomic mass is 9.84.